The molecule has 1 fully saturated rings. The molecule has 0 aliphatic carbocycles. The minimum atomic E-state index is -1.16. The molecule has 1 unspecified atom stereocenters. The van der Waals surface area contributed by atoms with Crippen molar-refractivity contribution in [3.8, 4) is 0 Å². The van der Waals surface area contributed by atoms with E-state index in [4.69, 9.17) is 5.73 Å². The first-order valence-electron chi connectivity index (χ1n) is 8.04. The molecule has 112 valence electrons. The van der Waals surface area contributed by atoms with Crippen molar-refractivity contribution in [1.29, 1.82) is 0 Å². The molecule has 1 heterocycles. The van der Waals surface area contributed by atoms with Gasteiger partial charge < -0.3 is 5.73 Å². The normalized spacial score (nSPS) is 21.1. The van der Waals surface area contributed by atoms with Gasteiger partial charge in [0.05, 0.1) is 8.07 Å². The zero-order chi connectivity index (χ0) is 14.6. The fourth-order valence-corrected chi connectivity index (χ4v) is 4.30. The number of benzene rings is 1. The van der Waals surface area contributed by atoms with Crippen LogP contribution < -0.4 is 10.9 Å². The second-order valence-corrected chi connectivity index (χ2v) is 12.2. The minimum absolute atomic E-state index is 0.699. The lowest BCUT2D eigenvalue weighted by Crippen LogP contribution is -2.40. The van der Waals surface area contributed by atoms with Crippen LogP contribution in [-0.4, -0.2) is 32.1 Å². The van der Waals surface area contributed by atoms with Crippen molar-refractivity contribution in [2.45, 2.75) is 57.9 Å². The van der Waals surface area contributed by atoms with E-state index < -0.39 is 8.07 Å². The Morgan fingerprint density at radius 2 is 1.85 bits per heavy atom. The average Bonchev–Trinajstić information content (AvgIpc) is 2.41. The molecule has 0 bridgehead atoms. The Hall–Kier alpha value is -0.643. The highest BCUT2D eigenvalue weighted by Crippen LogP contribution is 2.21. The Labute approximate surface area is 125 Å². The lowest BCUT2D eigenvalue weighted by molar-refractivity contribution is 0.134. The fourth-order valence-electron chi connectivity index (χ4n) is 3.13. The summed E-state index contributed by atoms with van der Waals surface area (Å²) in [5.41, 5.74) is 7.22. The van der Waals surface area contributed by atoms with Gasteiger partial charge >= 0.3 is 0 Å². The Bertz CT molecular complexity index is 406. The van der Waals surface area contributed by atoms with Gasteiger partial charge in [0.15, 0.2) is 0 Å². The van der Waals surface area contributed by atoms with Crippen LogP contribution in [0.5, 0.6) is 0 Å². The molecule has 0 aromatic heterocycles. The lowest BCUT2D eigenvalue weighted by Gasteiger charge is -2.35. The van der Waals surface area contributed by atoms with Gasteiger partial charge in [-0.2, -0.15) is 0 Å². The fraction of sp³-hybridized carbons (Fsp3) is 0.647. The maximum atomic E-state index is 5.76. The molecule has 1 atom stereocenters. The first-order valence-corrected chi connectivity index (χ1v) is 11.5. The van der Waals surface area contributed by atoms with Gasteiger partial charge in [-0.3, -0.25) is 4.90 Å². The first kappa shape index (κ1) is 15.7. The molecule has 1 saturated heterocycles. The van der Waals surface area contributed by atoms with Crippen molar-refractivity contribution in [3.05, 3.63) is 29.8 Å². The van der Waals surface area contributed by atoms with E-state index in [0.717, 1.165) is 19.5 Å². The third-order valence-electron chi connectivity index (χ3n) is 4.45. The number of nitrogens with two attached hydrogens (primary N) is 1. The minimum Gasteiger partial charge on any atom is -0.330 e. The third-order valence-corrected chi connectivity index (χ3v) is 6.52. The Morgan fingerprint density at radius 3 is 2.45 bits per heavy atom. The van der Waals surface area contributed by atoms with E-state index in [9.17, 15) is 0 Å². The van der Waals surface area contributed by atoms with Gasteiger partial charge in [-0.05, 0) is 37.9 Å². The van der Waals surface area contributed by atoms with Crippen LogP contribution in [0.1, 0.15) is 31.2 Å². The summed E-state index contributed by atoms with van der Waals surface area (Å²) in [4.78, 5) is 2.64. The van der Waals surface area contributed by atoms with Crippen LogP contribution >= 0.6 is 0 Å². The van der Waals surface area contributed by atoms with Crippen molar-refractivity contribution in [2.75, 3.05) is 13.1 Å². The van der Waals surface area contributed by atoms with E-state index in [1.807, 2.05) is 0 Å². The molecular formula is C17H30N2Si. The second kappa shape index (κ2) is 6.88. The molecule has 1 aliphatic heterocycles. The monoisotopic (exact) mass is 290 g/mol. The molecule has 1 aliphatic rings. The molecule has 0 amide bonds. The van der Waals surface area contributed by atoms with E-state index in [2.05, 4.69) is 48.8 Å². The van der Waals surface area contributed by atoms with E-state index in [1.54, 1.807) is 5.19 Å². The summed E-state index contributed by atoms with van der Waals surface area (Å²) in [6, 6.07) is 10.1. The van der Waals surface area contributed by atoms with Gasteiger partial charge in [0.25, 0.3) is 0 Å². The van der Waals surface area contributed by atoms with Gasteiger partial charge in [-0.25, -0.2) is 0 Å². The molecule has 2 N–H and O–H groups in total. The highest BCUT2D eigenvalue weighted by molar-refractivity contribution is 6.88. The lowest BCUT2D eigenvalue weighted by atomic mass is 9.98. The van der Waals surface area contributed by atoms with Crippen molar-refractivity contribution >= 4 is 13.3 Å². The van der Waals surface area contributed by atoms with E-state index in [0.29, 0.717) is 6.04 Å². The smallest absolute Gasteiger partial charge is 0.0775 e. The predicted molar refractivity (Wildman–Crippen MR) is 91.1 cm³/mol. The molecule has 1 aromatic carbocycles. The first-order chi connectivity index (χ1) is 9.50. The standard InChI is InChI=1S/C17H30N2Si/c1-20(2,3)17-9-7-15(8-10-17)14-19-13-5-4-6-16(19)11-12-18/h7-10,16H,4-6,11-14,18H2,1-3H3. The number of likely N-dealkylation sites (tertiary alicyclic amines) is 1. The van der Waals surface area contributed by atoms with E-state index in [1.165, 1.54) is 31.4 Å². The number of rotatable bonds is 5. The van der Waals surface area contributed by atoms with Crippen LogP contribution in [0.3, 0.4) is 0 Å². The zero-order valence-electron chi connectivity index (χ0n) is 13.4. The Morgan fingerprint density at radius 1 is 1.15 bits per heavy atom. The highest BCUT2D eigenvalue weighted by atomic mass is 28.3. The molecule has 3 heteroatoms. The van der Waals surface area contributed by atoms with Crippen molar-refractivity contribution in [3.63, 3.8) is 0 Å². The van der Waals surface area contributed by atoms with Gasteiger partial charge in [0, 0.05) is 12.6 Å². The number of hydrogen-bond donors (Lipinski definition) is 1. The Kier molecular flexibility index (Phi) is 5.41. The van der Waals surface area contributed by atoms with Gasteiger partial charge in [0.2, 0.25) is 0 Å². The summed E-state index contributed by atoms with van der Waals surface area (Å²) in [5, 5.41) is 1.55. The highest BCUT2D eigenvalue weighted by Gasteiger charge is 2.22. The van der Waals surface area contributed by atoms with E-state index in [-0.39, 0.29) is 0 Å². The van der Waals surface area contributed by atoms with Crippen LogP contribution in [0.4, 0.5) is 0 Å². The van der Waals surface area contributed by atoms with Crippen molar-refractivity contribution < 1.29 is 0 Å². The molecule has 0 radical (unpaired) electrons. The largest absolute Gasteiger partial charge is 0.330 e. The maximum Gasteiger partial charge on any atom is 0.0775 e. The quantitative estimate of drug-likeness (QED) is 0.845. The molecule has 2 nitrogen and oxygen atoms in total. The summed E-state index contributed by atoms with van der Waals surface area (Å²) >= 11 is 0. The van der Waals surface area contributed by atoms with Crippen LogP contribution in [0.15, 0.2) is 24.3 Å². The van der Waals surface area contributed by atoms with Crippen molar-refractivity contribution in [1.82, 2.24) is 4.90 Å². The second-order valence-electron chi connectivity index (χ2n) is 7.14. The molecule has 2 rings (SSSR count). The van der Waals surface area contributed by atoms with Gasteiger partial charge in [-0.1, -0.05) is 55.5 Å². The Balaban J connectivity index is 2.01. The molecule has 0 saturated carbocycles. The van der Waals surface area contributed by atoms with Crippen LogP contribution in [0, 0.1) is 0 Å². The number of piperidine rings is 1. The summed E-state index contributed by atoms with van der Waals surface area (Å²) in [6.07, 6.45) is 5.18. The zero-order valence-corrected chi connectivity index (χ0v) is 14.4. The van der Waals surface area contributed by atoms with Gasteiger partial charge in [-0.15, -0.1) is 0 Å². The van der Waals surface area contributed by atoms with Gasteiger partial charge in [0.1, 0.15) is 0 Å². The molecular weight excluding hydrogens is 260 g/mol. The maximum absolute atomic E-state index is 5.76. The molecule has 1 aromatic rings. The summed E-state index contributed by atoms with van der Waals surface area (Å²) in [6.45, 7) is 10.4. The molecule has 20 heavy (non-hydrogen) atoms. The van der Waals surface area contributed by atoms with Crippen LogP contribution in [0.2, 0.25) is 19.6 Å². The SMILES string of the molecule is C[Si](C)(C)c1ccc(CN2CCCCC2CCN)cc1. The summed E-state index contributed by atoms with van der Waals surface area (Å²) in [5.74, 6) is 0. The third kappa shape index (κ3) is 4.17. The predicted octanol–water partition coefficient (Wildman–Crippen LogP) is 2.94. The topological polar surface area (TPSA) is 29.3 Å². The van der Waals surface area contributed by atoms with Crippen molar-refractivity contribution in [2.24, 2.45) is 5.73 Å². The average molecular weight is 291 g/mol. The summed E-state index contributed by atoms with van der Waals surface area (Å²) in [7, 11) is -1.16. The van der Waals surface area contributed by atoms with Crippen LogP contribution in [0.25, 0.3) is 0 Å². The van der Waals surface area contributed by atoms with E-state index >= 15 is 0 Å². The summed E-state index contributed by atoms with van der Waals surface area (Å²) < 4.78 is 0. The molecule has 0 spiro atoms. The number of hydrogen-bond acceptors (Lipinski definition) is 2. The van der Waals surface area contributed by atoms with Crippen LogP contribution in [-0.2, 0) is 6.54 Å². The number of nitrogens with zero attached hydrogens (tertiary/aromatic N) is 1.